The molecule has 0 aliphatic rings. The van der Waals surface area contributed by atoms with Gasteiger partial charge in [0.1, 0.15) is 0 Å². The van der Waals surface area contributed by atoms with Crippen molar-refractivity contribution < 1.29 is 18.0 Å². The van der Waals surface area contributed by atoms with Crippen molar-refractivity contribution in [1.82, 2.24) is 9.47 Å². The Bertz CT molecular complexity index is 1030. The molecule has 32 heavy (non-hydrogen) atoms. The monoisotopic (exact) mass is 506 g/mol. The molecule has 1 amide bonds. The van der Waals surface area contributed by atoms with Gasteiger partial charge in [-0.15, -0.1) is 0 Å². The van der Waals surface area contributed by atoms with Gasteiger partial charge < -0.3 is 9.47 Å². The quantitative estimate of drug-likeness (QED) is 0.283. The first-order valence-corrected chi connectivity index (χ1v) is 11.4. The van der Waals surface area contributed by atoms with Gasteiger partial charge in [0.15, 0.2) is 0 Å². The van der Waals surface area contributed by atoms with E-state index in [1.807, 2.05) is 39.9 Å². The topological polar surface area (TPSA) is 25.2 Å². The van der Waals surface area contributed by atoms with E-state index in [1.165, 1.54) is 12.1 Å². The highest BCUT2D eigenvalue weighted by Gasteiger charge is 2.30. The van der Waals surface area contributed by atoms with E-state index in [9.17, 15) is 18.0 Å². The minimum atomic E-state index is -4.37. The standard InChI is InChI=1S/C25H26BrF3N2O/c1-2-3-4-14-31(24(32)20-10-12-22(26)13-11-20)18-23-9-6-15-30(23)17-19-7-5-8-21(16-19)25(27,28)29/h5-13,15-16H,2-4,14,17-18H2,1H3. The number of rotatable bonds is 9. The van der Waals surface area contributed by atoms with Crippen LogP contribution in [0.1, 0.15) is 53.4 Å². The largest absolute Gasteiger partial charge is 0.416 e. The molecule has 1 aromatic heterocycles. The molecule has 0 aliphatic heterocycles. The van der Waals surface area contributed by atoms with Crippen LogP contribution in [-0.4, -0.2) is 21.9 Å². The van der Waals surface area contributed by atoms with Crippen molar-refractivity contribution in [2.45, 2.75) is 45.5 Å². The zero-order chi connectivity index (χ0) is 23.1. The predicted octanol–water partition coefficient (Wildman–Crippen LogP) is 7.15. The molecular formula is C25H26BrF3N2O. The van der Waals surface area contributed by atoms with Gasteiger partial charge in [-0.05, 0) is 60.5 Å². The van der Waals surface area contributed by atoms with E-state index < -0.39 is 11.7 Å². The molecule has 0 radical (unpaired) electrons. The molecule has 3 aromatic rings. The average Bonchev–Trinajstić information content (AvgIpc) is 3.19. The van der Waals surface area contributed by atoms with Gasteiger partial charge in [0.05, 0.1) is 12.1 Å². The summed E-state index contributed by atoms with van der Waals surface area (Å²) in [4.78, 5) is 15.0. The molecule has 0 atom stereocenters. The van der Waals surface area contributed by atoms with E-state index in [1.54, 1.807) is 18.2 Å². The van der Waals surface area contributed by atoms with Crippen molar-refractivity contribution in [2.24, 2.45) is 0 Å². The van der Waals surface area contributed by atoms with Crippen LogP contribution in [0.15, 0.2) is 71.3 Å². The molecule has 0 spiro atoms. The van der Waals surface area contributed by atoms with Gasteiger partial charge >= 0.3 is 6.18 Å². The van der Waals surface area contributed by atoms with Crippen molar-refractivity contribution in [3.8, 4) is 0 Å². The average molecular weight is 507 g/mol. The third-order valence-electron chi connectivity index (χ3n) is 5.29. The normalized spacial score (nSPS) is 11.5. The molecule has 7 heteroatoms. The van der Waals surface area contributed by atoms with Gasteiger partial charge in [-0.25, -0.2) is 0 Å². The number of hydrogen-bond acceptors (Lipinski definition) is 1. The fourth-order valence-corrected chi connectivity index (χ4v) is 3.83. The minimum absolute atomic E-state index is 0.0552. The number of carbonyl (C=O) groups is 1. The van der Waals surface area contributed by atoms with Crippen LogP contribution in [-0.2, 0) is 19.3 Å². The summed E-state index contributed by atoms with van der Waals surface area (Å²) in [7, 11) is 0. The third kappa shape index (κ3) is 6.48. The highest BCUT2D eigenvalue weighted by atomic mass is 79.9. The van der Waals surface area contributed by atoms with Crippen molar-refractivity contribution in [1.29, 1.82) is 0 Å². The number of alkyl halides is 3. The number of carbonyl (C=O) groups excluding carboxylic acids is 1. The Balaban J connectivity index is 1.79. The number of hydrogen-bond donors (Lipinski definition) is 0. The Morgan fingerprint density at radius 3 is 2.47 bits per heavy atom. The molecule has 0 unspecified atom stereocenters. The first kappa shape index (κ1) is 24.1. The summed E-state index contributed by atoms with van der Waals surface area (Å²) in [6.07, 6.45) is 0.432. The van der Waals surface area contributed by atoms with Crippen molar-refractivity contribution in [2.75, 3.05) is 6.54 Å². The maximum atomic E-state index is 13.2. The Morgan fingerprint density at radius 1 is 1.03 bits per heavy atom. The Hall–Kier alpha value is -2.54. The molecular weight excluding hydrogens is 481 g/mol. The number of amides is 1. The van der Waals surface area contributed by atoms with E-state index in [2.05, 4.69) is 22.9 Å². The van der Waals surface area contributed by atoms with E-state index in [4.69, 9.17) is 0 Å². The van der Waals surface area contributed by atoms with Crippen molar-refractivity contribution in [3.63, 3.8) is 0 Å². The lowest BCUT2D eigenvalue weighted by atomic mass is 10.1. The summed E-state index contributed by atoms with van der Waals surface area (Å²) in [5.74, 6) is -0.0552. The minimum Gasteiger partial charge on any atom is -0.345 e. The van der Waals surface area contributed by atoms with E-state index >= 15 is 0 Å². The first-order chi connectivity index (χ1) is 15.3. The summed E-state index contributed by atoms with van der Waals surface area (Å²) in [6, 6.07) is 16.4. The number of unbranched alkanes of at least 4 members (excludes halogenated alkanes) is 2. The maximum Gasteiger partial charge on any atom is 0.416 e. The third-order valence-corrected chi connectivity index (χ3v) is 5.82. The second kappa shape index (κ2) is 10.9. The number of benzene rings is 2. The van der Waals surface area contributed by atoms with Crippen molar-refractivity contribution >= 4 is 21.8 Å². The van der Waals surface area contributed by atoms with Crippen LogP contribution in [0, 0.1) is 0 Å². The van der Waals surface area contributed by atoms with Crippen LogP contribution < -0.4 is 0 Å². The number of aromatic nitrogens is 1. The van der Waals surface area contributed by atoms with Gasteiger partial charge in [-0.1, -0.05) is 47.8 Å². The van der Waals surface area contributed by atoms with Crippen molar-refractivity contribution in [3.05, 3.63) is 93.7 Å². The van der Waals surface area contributed by atoms with Gasteiger partial charge in [0.2, 0.25) is 0 Å². The Kier molecular flexibility index (Phi) is 8.18. The van der Waals surface area contributed by atoms with Crippen LogP contribution >= 0.6 is 15.9 Å². The summed E-state index contributed by atoms with van der Waals surface area (Å²) in [5, 5.41) is 0. The summed E-state index contributed by atoms with van der Waals surface area (Å²) < 4.78 is 42.0. The molecule has 2 aromatic carbocycles. The molecule has 3 nitrogen and oxygen atoms in total. The molecule has 0 saturated heterocycles. The van der Waals surface area contributed by atoms with Gasteiger partial charge in [-0.2, -0.15) is 13.2 Å². The van der Waals surface area contributed by atoms with Crippen LogP contribution in [0.25, 0.3) is 0 Å². The van der Waals surface area contributed by atoms with Gasteiger partial charge in [-0.3, -0.25) is 4.79 Å². The van der Waals surface area contributed by atoms with Gasteiger partial charge in [0.25, 0.3) is 5.91 Å². The molecule has 0 N–H and O–H groups in total. The lowest BCUT2D eigenvalue weighted by Gasteiger charge is -2.24. The van der Waals surface area contributed by atoms with Crippen LogP contribution in [0.5, 0.6) is 0 Å². The van der Waals surface area contributed by atoms with E-state index in [0.717, 1.165) is 35.5 Å². The summed E-state index contributed by atoms with van der Waals surface area (Å²) in [5.41, 5.74) is 1.40. The van der Waals surface area contributed by atoms with Crippen LogP contribution in [0.2, 0.25) is 0 Å². The lowest BCUT2D eigenvalue weighted by Crippen LogP contribution is -2.32. The highest BCUT2D eigenvalue weighted by Crippen LogP contribution is 2.29. The van der Waals surface area contributed by atoms with Gasteiger partial charge in [0, 0.05) is 35.0 Å². The molecule has 170 valence electrons. The molecule has 0 saturated carbocycles. The number of nitrogens with zero attached hydrogens (tertiary/aromatic N) is 2. The zero-order valence-electron chi connectivity index (χ0n) is 17.9. The molecule has 1 heterocycles. The second-order valence-electron chi connectivity index (χ2n) is 7.77. The predicted molar refractivity (Wildman–Crippen MR) is 123 cm³/mol. The second-order valence-corrected chi connectivity index (χ2v) is 8.68. The lowest BCUT2D eigenvalue weighted by molar-refractivity contribution is -0.137. The van der Waals surface area contributed by atoms with Crippen LogP contribution in [0.3, 0.4) is 0 Å². The maximum absolute atomic E-state index is 13.2. The Morgan fingerprint density at radius 2 is 1.78 bits per heavy atom. The van der Waals surface area contributed by atoms with Crippen LogP contribution in [0.4, 0.5) is 13.2 Å². The fraction of sp³-hybridized carbons (Fsp3) is 0.320. The molecule has 0 bridgehead atoms. The summed E-state index contributed by atoms with van der Waals surface area (Å²) >= 11 is 3.39. The van der Waals surface area contributed by atoms with E-state index in [-0.39, 0.29) is 5.91 Å². The highest BCUT2D eigenvalue weighted by molar-refractivity contribution is 9.10. The summed E-state index contributed by atoms with van der Waals surface area (Å²) in [6.45, 7) is 3.44. The first-order valence-electron chi connectivity index (χ1n) is 10.6. The van der Waals surface area contributed by atoms with E-state index in [0.29, 0.717) is 30.8 Å². The molecule has 0 fully saturated rings. The molecule has 3 rings (SSSR count). The Labute approximate surface area is 195 Å². The molecule has 0 aliphatic carbocycles. The zero-order valence-corrected chi connectivity index (χ0v) is 19.5. The smallest absolute Gasteiger partial charge is 0.345 e. The SMILES string of the molecule is CCCCCN(Cc1cccn1Cc1cccc(C(F)(F)F)c1)C(=O)c1ccc(Br)cc1. The number of halogens is 4. The fourth-order valence-electron chi connectivity index (χ4n) is 3.57.